The lowest BCUT2D eigenvalue weighted by molar-refractivity contribution is -0.133. The van der Waals surface area contributed by atoms with Crippen LogP contribution in [-0.4, -0.2) is 35.3 Å². The van der Waals surface area contributed by atoms with E-state index in [1.54, 1.807) is 50.4 Å². The Labute approximate surface area is 161 Å². The second kappa shape index (κ2) is 6.44. The minimum Gasteiger partial charge on any atom is -0.346 e. The molecule has 4 rings (SSSR count). The number of nitrogens with zero attached hydrogens (tertiary/aromatic N) is 2. The molecule has 0 saturated carbocycles. The maximum Gasteiger partial charge on any atom is 0.267 e. The average molecular weight is 381 g/mol. The molecule has 0 aromatic heterocycles. The van der Waals surface area contributed by atoms with E-state index in [2.05, 4.69) is 5.32 Å². The Bertz CT molecular complexity index is 975. The number of fused-ring (bicyclic) bond motifs is 3. The molecule has 0 bridgehead atoms. The lowest BCUT2D eigenvalue weighted by Crippen LogP contribution is -2.69. The van der Waals surface area contributed by atoms with Crippen molar-refractivity contribution in [3.05, 3.63) is 65.5 Å². The molecule has 0 aliphatic carbocycles. The van der Waals surface area contributed by atoms with Gasteiger partial charge in [-0.3, -0.25) is 19.3 Å². The Kier molecular flexibility index (Phi) is 4.18. The van der Waals surface area contributed by atoms with Gasteiger partial charge in [-0.15, -0.1) is 0 Å². The maximum atomic E-state index is 13.4. The number of anilines is 1. The van der Waals surface area contributed by atoms with Gasteiger partial charge >= 0.3 is 0 Å². The van der Waals surface area contributed by atoms with Gasteiger partial charge < -0.3 is 10.2 Å². The molecule has 6 nitrogen and oxygen atoms in total. The minimum atomic E-state index is -1.41. The van der Waals surface area contributed by atoms with E-state index in [1.165, 1.54) is 21.9 Å². The summed E-state index contributed by atoms with van der Waals surface area (Å²) >= 11 is 0. The predicted molar refractivity (Wildman–Crippen MR) is 101 cm³/mol. The summed E-state index contributed by atoms with van der Waals surface area (Å²) in [6.07, 6.45) is 0.384. The molecule has 7 heteroatoms. The van der Waals surface area contributed by atoms with Gasteiger partial charge in [0.15, 0.2) is 0 Å². The van der Waals surface area contributed by atoms with Crippen LogP contribution in [0, 0.1) is 5.82 Å². The first kappa shape index (κ1) is 18.2. The smallest absolute Gasteiger partial charge is 0.267 e. The van der Waals surface area contributed by atoms with E-state index < -0.39 is 17.6 Å². The van der Waals surface area contributed by atoms with Crippen molar-refractivity contribution >= 4 is 23.4 Å². The van der Waals surface area contributed by atoms with Crippen molar-refractivity contribution < 1.29 is 18.8 Å². The fourth-order valence-electron chi connectivity index (χ4n) is 4.08. The van der Waals surface area contributed by atoms with Gasteiger partial charge in [0.05, 0.1) is 17.3 Å². The lowest BCUT2D eigenvalue weighted by atomic mass is 9.95. The molecule has 144 valence electrons. The summed E-state index contributed by atoms with van der Waals surface area (Å²) in [5.74, 6) is -1.29. The molecule has 0 spiro atoms. The lowest BCUT2D eigenvalue weighted by Gasteiger charge is -2.47. The number of likely N-dealkylation sites (N-methyl/N-ethyl adjacent to an activating group) is 1. The number of hydrogen-bond donors (Lipinski definition) is 1. The Balaban J connectivity index is 1.72. The average Bonchev–Trinajstić information content (AvgIpc) is 3.05. The van der Waals surface area contributed by atoms with Crippen LogP contribution in [0.2, 0.25) is 0 Å². The summed E-state index contributed by atoms with van der Waals surface area (Å²) in [5, 5.41) is 2.90. The Morgan fingerprint density at radius 1 is 1.14 bits per heavy atom. The number of halogens is 1. The van der Waals surface area contributed by atoms with Crippen LogP contribution >= 0.6 is 0 Å². The van der Waals surface area contributed by atoms with Gasteiger partial charge in [-0.2, -0.15) is 0 Å². The Morgan fingerprint density at radius 3 is 2.54 bits per heavy atom. The van der Waals surface area contributed by atoms with Gasteiger partial charge in [-0.1, -0.05) is 24.3 Å². The van der Waals surface area contributed by atoms with Crippen LogP contribution in [-0.2, 0) is 9.59 Å². The molecular formula is C21H20FN3O3. The summed E-state index contributed by atoms with van der Waals surface area (Å²) in [6.45, 7) is 1.78. The highest BCUT2D eigenvalue weighted by Gasteiger charge is 2.59. The van der Waals surface area contributed by atoms with Crippen molar-refractivity contribution in [3.63, 3.8) is 0 Å². The molecule has 28 heavy (non-hydrogen) atoms. The first-order valence-electron chi connectivity index (χ1n) is 9.13. The molecule has 2 aromatic rings. The number of benzene rings is 2. The molecule has 0 unspecified atom stereocenters. The van der Waals surface area contributed by atoms with Gasteiger partial charge in [0, 0.05) is 19.9 Å². The van der Waals surface area contributed by atoms with Crippen LogP contribution in [0.25, 0.3) is 0 Å². The van der Waals surface area contributed by atoms with Crippen LogP contribution in [0.1, 0.15) is 41.7 Å². The second-order valence-electron chi connectivity index (χ2n) is 7.17. The second-order valence-corrected chi connectivity index (χ2v) is 7.17. The molecule has 1 N–H and O–H groups in total. The van der Waals surface area contributed by atoms with E-state index in [9.17, 15) is 18.8 Å². The third-order valence-corrected chi connectivity index (χ3v) is 5.62. The summed E-state index contributed by atoms with van der Waals surface area (Å²) < 4.78 is 13.2. The van der Waals surface area contributed by atoms with Gasteiger partial charge in [-0.05, 0) is 36.8 Å². The van der Waals surface area contributed by atoms with Crippen molar-refractivity contribution in [1.29, 1.82) is 0 Å². The topological polar surface area (TPSA) is 69.7 Å². The Morgan fingerprint density at radius 2 is 1.82 bits per heavy atom. The monoisotopic (exact) mass is 381 g/mol. The van der Waals surface area contributed by atoms with Crippen molar-refractivity contribution in [2.45, 2.75) is 31.5 Å². The van der Waals surface area contributed by atoms with Crippen molar-refractivity contribution in [3.8, 4) is 0 Å². The highest BCUT2D eigenvalue weighted by atomic mass is 19.1. The molecule has 2 aliphatic heterocycles. The fourth-order valence-corrected chi connectivity index (χ4v) is 4.08. The molecule has 1 saturated heterocycles. The minimum absolute atomic E-state index is 0.171. The summed E-state index contributed by atoms with van der Waals surface area (Å²) in [5.41, 5.74) is 0.178. The van der Waals surface area contributed by atoms with Gasteiger partial charge in [-0.25, -0.2) is 4.39 Å². The molecule has 2 aliphatic rings. The molecule has 2 heterocycles. The molecule has 2 aromatic carbocycles. The van der Waals surface area contributed by atoms with Crippen molar-refractivity contribution in [1.82, 2.24) is 10.2 Å². The Hall–Kier alpha value is -3.22. The normalized spacial score (nSPS) is 22.0. The molecule has 0 radical (unpaired) electrons. The summed E-state index contributed by atoms with van der Waals surface area (Å²) in [7, 11) is 1.55. The SMILES string of the molecule is C[C@@H](NC(=O)[C@]12CCC(=O)N1c1ccccc1C(=O)N2C)c1ccc(F)cc1. The van der Waals surface area contributed by atoms with Crippen LogP contribution in [0.15, 0.2) is 48.5 Å². The number of carbonyl (C=O) groups is 3. The van der Waals surface area contributed by atoms with Crippen LogP contribution in [0.4, 0.5) is 10.1 Å². The van der Waals surface area contributed by atoms with E-state index in [1.807, 2.05) is 0 Å². The quantitative estimate of drug-likeness (QED) is 0.889. The first-order valence-corrected chi connectivity index (χ1v) is 9.13. The number of nitrogens with one attached hydrogen (secondary N) is 1. The molecule has 1 fully saturated rings. The standard InChI is InChI=1S/C21H20FN3O3/c1-13(14-7-9-15(22)10-8-14)23-20(28)21-12-11-18(26)25(21)17-6-4-3-5-16(17)19(27)24(21)2/h3-10,13H,11-12H2,1-2H3,(H,23,28)/t13-,21+/m1/s1. The summed E-state index contributed by atoms with van der Waals surface area (Å²) in [6, 6.07) is 12.3. The van der Waals surface area contributed by atoms with E-state index in [4.69, 9.17) is 0 Å². The zero-order valence-corrected chi connectivity index (χ0v) is 15.6. The van der Waals surface area contributed by atoms with E-state index >= 15 is 0 Å². The first-order chi connectivity index (χ1) is 13.4. The number of hydrogen-bond acceptors (Lipinski definition) is 3. The third-order valence-electron chi connectivity index (χ3n) is 5.62. The van der Waals surface area contributed by atoms with E-state index in [-0.39, 0.29) is 30.5 Å². The molecule has 3 amide bonds. The predicted octanol–water partition coefficient (Wildman–Crippen LogP) is 2.61. The van der Waals surface area contributed by atoms with Crippen LogP contribution < -0.4 is 10.2 Å². The van der Waals surface area contributed by atoms with E-state index in [0.29, 0.717) is 11.3 Å². The van der Waals surface area contributed by atoms with Gasteiger partial charge in [0.2, 0.25) is 11.6 Å². The fraction of sp³-hybridized carbons (Fsp3) is 0.286. The largest absolute Gasteiger partial charge is 0.346 e. The highest BCUT2D eigenvalue weighted by molar-refractivity contribution is 6.16. The van der Waals surface area contributed by atoms with Gasteiger partial charge in [0.1, 0.15) is 5.82 Å². The van der Waals surface area contributed by atoms with Crippen LogP contribution in [0.3, 0.4) is 0 Å². The number of carbonyl (C=O) groups excluding carboxylic acids is 3. The maximum absolute atomic E-state index is 13.4. The number of amides is 3. The number of rotatable bonds is 3. The zero-order valence-electron chi connectivity index (χ0n) is 15.6. The molecular weight excluding hydrogens is 361 g/mol. The highest BCUT2D eigenvalue weighted by Crippen LogP contribution is 2.44. The molecule has 2 atom stereocenters. The van der Waals surface area contributed by atoms with Crippen molar-refractivity contribution in [2.75, 3.05) is 11.9 Å². The van der Waals surface area contributed by atoms with Crippen LogP contribution in [0.5, 0.6) is 0 Å². The van der Waals surface area contributed by atoms with Gasteiger partial charge in [0.25, 0.3) is 11.8 Å². The van der Waals surface area contributed by atoms with E-state index in [0.717, 1.165) is 5.56 Å². The third kappa shape index (κ3) is 2.50. The summed E-state index contributed by atoms with van der Waals surface area (Å²) in [4.78, 5) is 41.8. The number of para-hydroxylation sites is 1. The van der Waals surface area contributed by atoms with Crippen molar-refractivity contribution in [2.24, 2.45) is 0 Å². The zero-order chi connectivity index (χ0) is 20.1.